The normalized spacial score (nSPS) is 27.6. The molecule has 2 unspecified atom stereocenters. The van der Waals surface area contributed by atoms with Gasteiger partial charge in [-0.1, -0.05) is 6.07 Å². The van der Waals surface area contributed by atoms with Gasteiger partial charge in [-0.15, -0.1) is 0 Å². The van der Waals surface area contributed by atoms with Gasteiger partial charge in [-0.3, -0.25) is 10.1 Å². The molecule has 2 fully saturated rings. The van der Waals surface area contributed by atoms with E-state index in [4.69, 9.17) is 0 Å². The molecule has 2 saturated heterocycles. The maximum Gasteiger partial charge on any atom is 0.271 e. The fraction of sp³-hybridized carbons (Fsp3) is 0.625. The number of nitrogens with zero attached hydrogens (tertiary/aromatic N) is 2. The zero-order chi connectivity index (χ0) is 15.0. The molecule has 2 heterocycles. The van der Waals surface area contributed by atoms with E-state index in [0.717, 1.165) is 30.6 Å². The van der Waals surface area contributed by atoms with Crippen molar-refractivity contribution < 1.29 is 4.92 Å². The first kappa shape index (κ1) is 14.3. The molecule has 1 aromatic rings. The molecule has 21 heavy (non-hydrogen) atoms. The lowest BCUT2D eigenvalue weighted by Gasteiger charge is -2.39. The molecule has 2 atom stereocenters. The predicted molar refractivity (Wildman–Crippen MR) is 83.8 cm³/mol. The second-order valence-corrected chi connectivity index (χ2v) is 6.28. The molecule has 2 aliphatic rings. The minimum Gasteiger partial charge on any atom is -0.368 e. The molecule has 0 radical (unpaired) electrons. The standard InChI is InChI=1S/C16H23N3O2/c1-3-18(15-8-12-5-6-13(9-15)17-12)16-10-14(19(20)21)7-4-11(16)2/h4,7,10,12-13,15,17H,3,5-6,8-9H2,1-2H3. The lowest BCUT2D eigenvalue weighted by molar-refractivity contribution is -0.384. The van der Waals surface area contributed by atoms with Gasteiger partial charge in [0.05, 0.1) is 4.92 Å². The van der Waals surface area contributed by atoms with Gasteiger partial charge in [0.15, 0.2) is 0 Å². The highest BCUT2D eigenvalue weighted by Crippen LogP contribution is 2.34. The summed E-state index contributed by atoms with van der Waals surface area (Å²) in [6, 6.07) is 6.95. The van der Waals surface area contributed by atoms with Gasteiger partial charge >= 0.3 is 0 Å². The molecule has 5 nitrogen and oxygen atoms in total. The second-order valence-electron chi connectivity index (χ2n) is 6.28. The van der Waals surface area contributed by atoms with Crippen LogP contribution in [0.2, 0.25) is 0 Å². The number of nitro benzene ring substituents is 1. The Kier molecular flexibility index (Phi) is 3.85. The van der Waals surface area contributed by atoms with Crippen molar-refractivity contribution in [3.05, 3.63) is 33.9 Å². The summed E-state index contributed by atoms with van der Waals surface area (Å²) in [5.41, 5.74) is 2.33. The summed E-state index contributed by atoms with van der Waals surface area (Å²) in [5.74, 6) is 0. The highest BCUT2D eigenvalue weighted by molar-refractivity contribution is 5.59. The third kappa shape index (κ3) is 2.75. The smallest absolute Gasteiger partial charge is 0.271 e. The maximum atomic E-state index is 11.0. The summed E-state index contributed by atoms with van der Waals surface area (Å²) < 4.78 is 0. The fourth-order valence-corrected chi connectivity index (χ4v) is 3.93. The molecular weight excluding hydrogens is 266 g/mol. The maximum absolute atomic E-state index is 11.0. The van der Waals surface area contributed by atoms with Crippen molar-refractivity contribution in [1.29, 1.82) is 0 Å². The first-order chi connectivity index (χ1) is 10.1. The molecule has 1 N–H and O–H groups in total. The summed E-state index contributed by atoms with van der Waals surface area (Å²) >= 11 is 0. The predicted octanol–water partition coefficient (Wildman–Crippen LogP) is 3.01. The molecule has 3 rings (SSSR count). The number of benzene rings is 1. The van der Waals surface area contributed by atoms with Crippen LogP contribution in [0, 0.1) is 17.0 Å². The largest absolute Gasteiger partial charge is 0.368 e. The van der Waals surface area contributed by atoms with Crippen molar-refractivity contribution in [1.82, 2.24) is 5.32 Å². The van der Waals surface area contributed by atoms with Crippen molar-refractivity contribution in [2.45, 2.75) is 57.7 Å². The lowest BCUT2D eigenvalue weighted by atomic mass is 9.97. The number of rotatable bonds is 4. The van der Waals surface area contributed by atoms with Crippen molar-refractivity contribution in [3.8, 4) is 0 Å². The van der Waals surface area contributed by atoms with E-state index in [9.17, 15) is 10.1 Å². The Bertz CT molecular complexity index is 534. The summed E-state index contributed by atoms with van der Waals surface area (Å²) in [6.07, 6.45) is 4.83. The van der Waals surface area contributed by atoms with Gasteiger partial charge in [-0.25, -0.2) is 0 Å². The molecule has 0 spiro atoms. The van der Waals surface area contributed by atoms with Crippen LogP contribution in [0.3, 0.4) is 0 Å². The van der Waals surface area contributed by atoms with E-state index in [1.165, 1.54) is 12.8 Å². The summed E-state index contributed by atoms with van der Waals surface area (Å²) in [6.45, 7) is 5.08. The van der Waals surface area contributed by atoms with Gasteiger partial charge in [-0.2, -0.15) is 0 Å². The third-order valence-corrected chi connectivity index (χ3v) is 4.94. The molecule has 5 heteroatoms. The molecule has 2 bridgehead atoms. The number of non-ortho nitro benzene ring substituents is 1. The molecule has 0 amide bonds. The zero-order valence-electron chi connectivity index (χ0n) is 12.7. The van der Waals surface area contributed by atoms with Crippen LogP contribution in [-0.4, -0.2) is 29.6 Å². The minimum absolute atomic E-state index is 0.186. The van der Waals surface area contributed by atoms with Crippen LogP contribution in [0.4, 0.5) is 11.4 Å². The highest BCUT2D eigenvalue weighted by atomic mass is 16.6. The van der Waals surface area contributed by atoms with Crippen LogP contribution in [0.25, 0.3) is 0 Å². The monoisotopic (exact) mass is 289 g/mol. The Labute approximate surface area is 125 Å². The van der Waals surface area contributed by atoms with Gasteiger partial charge in [0.25, 0.3) is 5.69 Å². The Balaban J connectivity index is 1.89. The second kappa shape index (κ2) is 5.64. The number of nitro groups is 1. The number of piperidine rings is 1. The van der Waals surface area contributed by atoms with E-state index in [1.54, 1.807) is 12.1 Å². The summed E-state index contributed by atoms with van der Waals surface area (Å²) in [7, 11) is 0. The number of hydrogen-bond donors (Lipinski definition) is 1. The Morgan fingerprint density at radius 1 is 1.33 bits per heavy atom. The van der Waals surface area contributed by atoms with Gasteiger partial charge in [0.1, 0.15) is 0 Å². The first-order valence-corrected chi connectivity index (χ1v) is 7.86. The first-order valence-electron chi connectivity index (χ1n) is 7.86. The van der Waals surface area contributed by atoms with Gasteiger partial charge < -0.3 is 10.2 Å². The Morgan fingerprint density at radius 3 is 2.57 bits per heavy atom. The average Bonchev–Trinajstić information content (AvgIpc) is 2.80. The molecule has 114 valence electrons. The zero-order valence-corrected chi connectivity index (χ0v) is 12.7. The molecule has 0 aliphatic carbocycles. The van der Waals surface area contributed by atoms with E-state index in [2.05, 4.69) is 17.1 Å². The lowest BCUT2D eigenvalue weighted by Crippen LogP contribution is -2.48. The van der Waals surface area contributed by atoms with Crippen LogP contribution in [0.5, 0.6) is 0 Å². The number of anilines is 1. The van der Waals surface area contributed by atoms with E-state index in [0.29, 0.717) is 18.1 Å². The van der Waals surface area contributed by atoms with Gasteiger partial charge in [0.2, 0.25) is 0 Å². The quantitative estimate of drug-likeness (QED) is 0.684. The van der Waals surface area contributed by atoms with Crippen molar-refractivity contribution in [3.63, 3.8) is 0 Å². The average molecular weight is 289 g/mol. The van der Waals surface area contributed by atoms with Crippen molar-refractivity contribution >= 4 is 11.4 Å². The number of nitrogens with one attached hydrogen (secondary N) is 1. The van der Waals surface area contributed by atoms with Gasteiger partial charge in [0, 0.05) is 42.5 Å². The number of fused-ring (bicyclic) bond motifs is 2. The number of hydrogen-bond acceptors (Lipinski definition) is 4. The topological polar surface area (TPSA) is 58.4 Å². The van der Waals surface area contributed by atoms with E-state index < -0.39 is 0 Å². The van der Waals surface area contributed by atoms with Crippen molar-refractivity contribution in [2.24, 2.45) is 0 Å². The number of aryl methyl sites for hydroxylation is 1. The fourth-order valence-electron chi connectivity index (χ4n) is 3.93. The van der Waals surface area contributed by atoms with Crippen LogP contribution >= 0.6 is 0 Å². The Hall–Kier alpha value is -1.62. The molecule has 1 aromatic carbocycles. The van der Waals surface area contributed by atoms with Crippen LogP contribution < -0.4 is 10.2 Å². The van der Waals surface area contributed by atoms with Crippen molar-refractivity contribution in [2.75, 3.05) is 11.4 Å². The Morgan fingerprint density at radius 2 is 2.00 bits per heavy atom. The van der Waals surface area contributed by atoms with Gasteiger partial charge in [-0.05, 0) is 45.1 Å². The minimum atomic E-state index is -0.303. The summed E-state index contributed by atoms with van der Waals surface area (Å²) in [4.78, 5) is 13.1. The molecule has 2 aliphatic heterocycles. The van der Waals surface area contributed by atoms with Crippen LogP contribution in [-0.2, 0) is 0 Å². The summed E-state index contributed by atoms with van der Waals surface area (Å²) in [5, 5.41) is 14.7. The molecule has 0 saturated carbocycles. The van der Waals surface area contributed by atoms with Crippen LogP contribution in [0.15, 0.2) is 18.2 Å². The van der Waals surface area contributed by atoms with E-state index in [-0.39, 0.29) is 10.6 Å². The van der Waals surface area contributed by atoms with E-state index in [1.807, 2.05) is 13.0 Å². The SMILES string of the molecule is CCN(c1cc([N+](=O)[O-])ccc1C)C1CC2CCC(C1)N2. The van der Waals surface area contributed by atoms with E-state index >= 15 is 0 Å². The van der Waals surface area contributed by atoms with Crippen LogP contribution in [0.1, 0.15) is 38.2 Å². The molecule has 0 aromatic heterocycles. The molecular formula is C16H23N3O2. The highest BCUT2D eigenvalue weighted by Gasteiger charge is 2.36. The third-order valence-electron chi connectivity index (χ3n) is 4.94.